The largest absolute Gasteiger partial charge is 0.241 e. The lowest BCUT2D eigenvalue weighted by atomic mass is 9.98. The summed E-state index contributed by atoms with van der Waals surface area (Å²) in [6.07, 6.45) is 1.92. The molecule has 1 aromatic heterocycles. The number of fused-ring (bicyclic) bond motifs is 2. The fraction of sp³-hybridized carbons (Fsp3) is 0.0526. The molecule has 0 aliphatic carbocycles. The molecule has 1 heterocycles. The van der Waals surface area contributed by atoms with Crippen LogP contribution in [-0.2, 0) is 0 Å². The molecule has 100 valence electrons. The van der Waals surface area contributed by atoms with E-state index < -0.39 is 0 Å². The van der Waals surface area contributed by atoms with Gasteiger partial charge in [0.25, 0.3) is 0 Å². The fourth-order valence-corrected chi connectivity index (χ4v) is 2.76. The molecule has 0 aliphatic rings. The van der Waals surface area contributed by atoms with E-state index in [2.05, 4.69) is 64.6 Å². The summed E-state index contributed by atoms with van der Waals surface area (Å²) in [6.45, 7) is 1.92. The monoisotopic (exact) mass is 270 g/mol. The van der Waals surface area contributed by atoms with Gasteiger partial charge in [0.1, 0.15) is 5.82 Å². The van der Waals surface area contributed by atoms with Gasteiger partial charge in [-0.2, -0.15) is 0 Å². The van der Waals surface area contributed by atoms with E-state index in [0.29, 0.717) is 0 Å². The van der Waals surface area contributed by atoms with Gasteiger partial charge in [0.2, 0.25) is 0 Å². The molecular weight excluding hydrogens is 256 g/mol. The number of benzene rings is 3. The number of nitrogens with zero attached hydrogens (tertiary/aromatic N) is 2. The smallest absolute Gasteiger partial charge is 0.125 e. The fourth-order valence-electron chi connectivity index (χ4n) is 2.76. The van der Waals surface area contributed by atoms with Crippen LogP contribution in [0.4, 0.5) is 0 Å². The third-order valence-electron chi connectivity index (χ3n) is 3.81. The average Bonchev–Trinajstić information content (AvgIpc) is 2.53. The van der Waals surface area contributed by atoms with Gasteiger partial charge in [-0.3, -0.25) is 0 Å². The van der Waals surface area contributed by atoms with Crippen molar-refractivity contribution in [3.05, 3.63) is 72.7 Å². The van der Waals surface area contributed by atoms with Gasteiger partial charge in [0.15, 0.2) is 0 Å². The Morgan fingerprint density at radius 2 is 1.67 bits per heavy atom. The second kappa shape index (κ2) is 4.67. The summed E-state index contributed by atoms with van der Waals surface area (Å²) in [5.74, 6) is 0.804. The SMILES string of the molecule is Cc1ncc2c(-c3ccc4ccccc4c3)cccc2n1. The van der Waals surface area contributed by atoms with Gasteiger partial charge in [-0.1, -0.05) is 48.5 Å². The summed E-state index contributed by atoms with van der Waals surface area (Å²) in [6, 6.07) is 21.2. The Labute approximate surface area is 123 Å². The van der Waals surface area contributed by atoms with E-state index in [-0.39, 0.29) is 0 Å². The van der Waals surface area contributed by atoms with Crippen LogP contribution in [0.5, 0.6) is 0 Å². The van der Waals surface area contributed by atoms with Crippen LogP contribution in [0.1, 0.15) is 5.82 Å². The van der Waals surface area contributed by atoms with Crippen molar-refractivity contribution in [2.24, 2.45) is 0 Å². The van der Waals surface area contributed by atoms with Crippen molar-refractivity contribution in [1.82, 2.24) is 9.97 Å². The first-order chi connectivity index (χ1) is 10.3. The van der Waals surface area contributed by atoms with Crippen molar-refractivity contribution >= 4 is 21.7 Å². The molecule has 0 amide bonds. The lowest BCUT2D eigenvalue weighted by Gasteiger charge is -2.08. The van der Waals surface area contributed by atoms with Gasteiger partial charge < -0.3 is 0 Å². The zero-order valence-electron chi connectivity index (χ0n) is 11.7. The molecule has 2 nitrogen and oxygen atoms in total. The molecule has 0 N–H and O–H groups in total. The lowest BCUT2D eigenvalue weighted by molar-refractivity contribution is 1.09. The zero-order valence-corrected chi connectivity index (χ0v) is 11.7. The minimum atomic E-state index is 0.804. The van der Waals surface area contributed by atoms with E-state index in [4.69, 9.17) is 0 Å². The second-order valence-electron chi connectivity index (χ2n) is 5.22. The Morgan fingerprint density at radius 1 is 0.810 bits per heavy atom. The maximum Gasteiger partial charge on any atom is 0.125 e. The van der Waals surface area contributed by atoms with Crippen LogP contribution in [-0.4, -0.2) is 9.97 Å². The van der Waals surface area contributed by atoms with Gasteiger partial charge in [0.05, 0.1) is 5.52 Å². The Hall–Kier alpha value is -2.74. The van der Waals surface area contributed by atoms with Gasteiger partial charge >= 0.3 is 0 Å². The normalized spacial score (nSPS) is 11.1. The highest BCUT2D eigenvalue weighted by atomic mass is 14.9. The van der Waals surface area contributed by atoms with Gasteiger partial charge in [0, 0.05) is 11.6 Å². The maximum atomic E-state index is 4.51. The minimum Gasteiger partial charge on any atom is -0.241 e. The van der Waals surface area contributed by atoms with E-state index in [1.807, 2.05) is 19.2 Å². The molecule has 0 unspecified atom stereocenters. The molecule has 0 bridgehead atoms. The van der Waals surface area contributed by atoms with E-state index in [9.17, 15) is 0 Å². The number of aryl methyl sites for hydroxylation is 1. The highest BCUT2D eigenvalue weighted by Crippen LogP contribution is 2.29. The van der Waals surface area contributed by atoms with Crippen molar-refractivity contribution < 1.29 is 0 Å². The van der Waals surface area contributed by atoms with E-state index in [1.165, 1.54) is 21.9 Å². The van der Waals surface area contributed by atoms with E-state index in [1.54, 1.807) is 0 Å². The predicted octanol–water partition coefficient (Wildman–Crippen LogP) is 4.76. The standard InChI is InChI=1S/C19H14N2/c1-13-20-12-18-17(7-4-8-19(18)21-13)16-10-9-14-5-2-3-6-15(14)11-16/h2-12H,1H3. The molecule has 0 aliphatic heterocycles. The summed E-state index contributed by atoms with van der Waals surface area (Å²) >= 11 is 0. The molecule has 0 atom stereocenters. The summed E-state index contributed by atoms with van der Waals surface area (Å²) < 4.78 is 0. The van der Waals surface area contributed by atoms with Crippen LogP contribution in [0.25, 0.3) is 32.8 Å². The van der Waals surface area contributed by atoms with Crippen LogP contribution in [0.3, 0.4) is 0 Å². The first-order valence-corrected chi connectivity index (χ1v) is 7.03. The molecule has 3 aromatic carbocycles. The summed E-state index contributed by atoms with van der Waals surface area (Å²) in [5, 5.41) is 3.60. The first kappa shape index (κ1) is 12.0. The molecule has 4 rings (SSSR count). The number of hydrogen-bond acceptors (Lipinski definition) is 2. The van der Waals surface area contributed by atoms with Crippen LogP contribution in [0, 0.1) is 6.92 Å². The van der Waals surface area contributed by atoms with Crippen molar-refractivity contribution in [2.45, 2.75) is 6.92 Å². The van der Waals surface area contributed by atoms with E-state index in [0.717, 1.165) is 16.7 Å². The van der Waals surface area contributed by atoms with Gasteiger partial charge in [-0.25, -0.2) is 9.97 Å². The van der Waals surface area contributed by atoms with Crippen molar-refractivity contribution in [3.63, 3.8) is 0 Å². The summed E-state index contributed by atoms with van der Waals surface area (Å²) in [4.78, 5) is 8.86. The Balaban J connectivity index is 1.99. The van der Waals surface area contributed by atoms with Crippen LogP contribution in [0.15, 0.2) is 66.9 Å². The third-order valence-corrected chi connectivity index (χ3v) is 3.81. The molecule has 21 heavy (non-hydrogen) atoms. The number of aromatic nitrogens is 2. The van der Waals surface area contributed by atoms with Crippen molar-refractivity contribution in [2.75, 3.05) is 0 Å². The Kier molecular flexibility index (Phi) is 2.68. The van der Waals surface area contributed by atoms with E-state index >= 15 is 0 Å². The molecule has 0 spiro atoms. The van der Waals surface area contributed by atoms with Crippen LogP contribution < -0.4 is 0 Å². The molecule has 0 saturated carbocycles. The molecule has 0 radical (unpaired) electrons. The molecular formula is C19H14N2. The second-order valence-corrected chi connectivity index (χ2v) is 5.22. The van der Waals surface area contributed by atoms with Gasteiger partial charge in [-0.05, 0) is 41.0 Å². The average molecular weight is 270 g/mol. The van der Waals surface area contributed by atoms with Crippen LogP contribution >= 0.6 is 0 Å². The topological polar surface area (TPSA) is 25.8 Å². The summed E-state index contributed by atoms with van der Waals surface area (Å²) in [5.41, 5.74) is 3.37. The first-order valence-electron chi connectivity index (χ1n) is 7.03. The van der Waals surface area contributed by atoms with Crippen LogP contribution in [0.2, 0.25) is 0 Å². The Bertz CT molecular complexity index is 958. The molecule has 0 saturated heterocycles. The summed E-state index contributed by atoms with van der Waals surface area (Å²) in [7, 11) is 0. The number of rotatable bonds is 1. The Morgan fingerprint density at radius 3 is 2.57 bits per heavy atom. The predicted molar refractivity (Wildman–Crippen MR) is 87.2 cm³/mol. The van der Waals surface area contributed by atoms with Crippen molar-refractivity contribution in [1.29, 1.82) is 0 Å². The number of hydrogen-bond donors (Lipinski definition) is 0. The van der Waals surface area contributed by atoms with Crippen molar-refractivity contribution in [3.8, 4) is 11.1 Å². The molecule has 4 aromatic rings. The molecule has 0 fully saturated rings. The third kappa shape index (κ3) is 2.05. The quantitative estimate of drug-likeness (QED) is 0.498. The maximum absolute atomic E-state index is 4.51. The highest BCUT2D eigenvalue weighted by Gasteiger charge is 2.06. The minimum absolute atomic E-state index is 0.804. The zero-order chi connectivity index (χ0) is 14.2. The van der Waals surface area contributed by atoms with Gasteiger partial charge in [-0.15, -0.1) is 0 Å². The highest BCUT2D eigenvalue weighted by molar-refractivity contribution is 5.97. The molecule has 2 heteroatoms. The lowest BCUT2D eigenvalue weighted by Crippen LogP contribution is -1.90.